The molecule has 0 N–H and O–H groups in total. The second-order valence-corrected chi connectivity index (χ2v) is 15.0. The van der Waals surface area contributed by atoms with Crippen molar-refractivity contribution in [2.24, 2.45) is 27.6 Å². The van der Waals surface area contributed by atoms with Gasteiger partial charge in [-0.25, -0.2) is 0 Å². The van der Waals surface area contributed by atoms with E-state index in [0.29, 0.717) is 17.4 Å². The van der Waals surface area contributed by atoms with E-state index in [2.05, 4.69) is 161 Å². The van der Waals surface area contributed by atoms with E-state index in [1.54, 1.807) is 0 Å². The summed E-state index contributed by atoms with van der Waals surface area (Å²) < 4.78 is 0. The maximum atomic E-state index is 4.27. The average Bonchev–Trinajstić information content (AvgIpc) is 3.59. The number of hydrogen-bond acceptors (Lipinski definition) is 1. The average molecular weight is 568 g/mol. The van der Waals surface area contributed by atoms with Crippen LogP contribution in [-0.2, 0) is 0 Å². The van der Waals surface area contributed by atoms with Crippen molar-refractivity contribution in [3.63, 3.8) is 0 Å². The van der Waals surface area contributed by atoms with E-state index in [0.717, 1.165) is 12.8 Å². The van der Waals surface area contributed by atoms with Gasteiger partial charge in [-0.1, -0.05) is 134 Å². The first-order valence-corrected chi connectivity index (χ1v) is 16.5. The summed E-state index contributed by atoms with van der Waals surface area (Å²) in [6.45, 7) is 28.0. The van der Waals surface area contributed by atoms with Crippen molar-refractivity contribution in [1.82, 2.24) is 4.90 Å². The number of rotatable bonds is 14. The zero-order valence-electron chi connectivity index (χ0n) is 29.0. The minimum atomic E-state index is 0.167. The van der Waals surface area contributed by atoms with Crippen molar-refractivity contribution in [2.75, 3.05) is 7.05 Å². The molecule has 0 radical (unpaired) electrons. The first kappa shape index (κ1) is 34.0. The number of likely N-dealkylation sites (N-methyl/N-ethyl adjacent to an activating group) is 1. The van der Waals surface area contributed by atoms with Crippen molar-refractivity contribution in [2.45, 2.75) is 114 Å². The lowest BCUT2D eigenvalue weighted by Gasteiger charge is -2.39. The molecule has 2 aliphatic carbocycles. The number of allylic oxidation sites excluding steroid dienone is 10. The van der Waals surface area contributed by atoms with Crippen LogP contribution in [0.25, 0.3) is 5.57 Å². The number of nitrogens with zero attached hydrogens (tertiary/aromatic N) is 1. The normalized spacial score (nSPS) is 26.1. The first-order valence-electron chi connectivity index (χ1n) is 16.5. The number of hydrogen-bond donors (Lipinski definition) is 0. The summed E-state index contributed by atoms with van der Waals surface area (Å²) in [5, 5.41) is 0. The predicted molar refractivity (Wildman–Crippen MR) is 187 cm³/mol. The summed E-state index contributed by atoms with van der Waals surface area (Å²) in [7, 11) is 2.28. The van der Waals surface area contributed by atoms with E-state index in [9.17, 15) is 0 Å². The highest BCUT2D eigenvalue weighted by molar-refractivity contribution is 5.76. The summed E-state index contributed by atoms with van der Waals surface area (Å²) in [5.41, 5.74) is 7.66. The first-order chi connectivity index (χ1) is 19.7. The van der Waals surface area contributed by atoms with Gasteiger partial charge in [-0.3, -0.25) is 0 Å². The zero-order chi connectivity index (χ0) is 31.3. The van der Waals surface area contributed by atoms with Gasteiger partial charge in [-0.2, -0.15) is 0 Å². The fourth-order valence-electron chi connectivity index (χ4n) is 7.17. The van der Waals surface area contributed by atoms with Gasteiger partial charge in [0.15, 0.2) is 0 Å². The maximum absolute atomic E-state index is 4.27. The van der Waals surface area contributed by atoms with E-state index >= 15 is 0 Å². The lowest BCUT2D eigenvalue weighted by Crippen LogP contribution is -2.39. The Bertz CT molecular complexity index is 1230. The topological polar surface area (TPSA) is 3.24 Å². The third-order valence-electron chi connectivity index (χ3n) is 11.2. The Kier molecular flexibility index (Phi) is 10.8. The van der Waals surface area contributed by atoms with Gasteiger partial charge in [-0.05, 0) is 97.8 Å². The molecule has 0 amide bonds. The molecule has 1 fully saturated rings. The lowest BCUT2D eigenvalue weighted by molar-refractivity contribution is 0.183. The molecule has 0 aliphatic heterocycles. The van der Waals surface area contributed by atoms with Crippen molar-refractivity contribution in [1.29, 1.82) is 0 Å². The molecule has 0 bridgehead atoms. The van der Waals surface area contributed by atoms with Gasteiger partial charge in [0.25, 0.3) is 0 Å². The van der Waals surface area contributed by atoms with E-state index in [-0.39, 0.29) is 16.2 Å². The monoisotopic (exact) mass is 567 g/mol. The lowest BCUT2D eigenvalue weighted by atomic mass is 9.71. The summed E-state index contributed by atoms with van der Waals surface area (Å²) in [6, 6.07) is 11.2. The Morgan fingerprint density at radius 3 is 2.36 bits per heavy atom. The van der Waals surface area contributed by atoms with E-state index in [1.807, 2.05) is 0 Å². The van der Waals surface area contributed by atoms with E-state index in [4.69, 9.17) is 0 Å². The van der Waals surface area contributed by atoms with Gasteiger partial charge < -0.3 is 4.90 Å². The summed E-state index contributed by atoms with van der Waals surface area (Å²) in [6.07, 6.45) is 23.8. The van der Waals surface area contributed by atoms with Gasteiger partial charge in [0.05, 0.1) is 0 Å². The Balaban J connectivity index is 1.84. The standard InChI is InChI=1S/C41H61N/c1-13-16-25-41(36-23-22-35(29-32(36)5)34-20-18-17-19-21-34)30-40(41,11)33(6)42(12)37(14-2)31(4)24-26-39(9,10)28-27-38(7,8)15-3/h14,16-22,24-26,29,33,36H,2,13,15,23,27-28,30H2,1,3-12H3/b25-16?,26-24+,37-31+. The Morgan fingerprint density at radius 2 is 1.79 bits per heavy atom. The van der Waals surface area contributed by atoms with Gasteiger partial charge >= 0.3 is 0 Å². The van der Waals surface area contributed by atoms with Crippen LogP contribution in [-0.4, -0.2) is 18.0 Å². The molecule has 1 nitrogen and oxygen atoms in total. The maximum Gasteiger partial charge on any atom is 0.0389 e. The Hall–Kier alpha value is -2.54. The minimum Gasteiger partial charge on any atom is -0.371 e. The molecule has 1 saturated carbocycles. The SMILES string of the molecule is C=C/C(=C(C)\C=C\C(C)(C)CCC(C)(C)CC)N(C)C(C)C1(C)CC1(C=CCC)C1CC=C(c2ccccc2)C=C1C. The van der Waals surface area contributed by atoms with Gasteiger partial charge in [-0.15, -0.1) is 0 Å². The largest absolute Gasteiger partial charge is 0.371 e. The van der Waals surface area contributed by atoms with Crippen molar-refractivity contribution in [3.8, 4) is 0 Å². The minimum absolute atomic E-state index is 0.167. The van der Waals surface area contributed by atoms with Crippen molar-refractivity contribution < 1.29 is 0 Å². The molecule has 0 saturated heterocycles. The van der Waals surface area contributed by atoms with Gasteiger partial charge in [0, 0.05) is 24.2 Å². The predicted octanol–water partition coefficient (Wildman–Crippen LogP) is 12.0. The highest BCUT2D eigenvalue weighted by atomic mass is 15.2. The molecule has 4 unspecified atom stereocenters. The highest BCUT2D eigenvalue weighted by Crippen LogP contribution is 2.73. The molecule has 230 valence electrons. The van der Waals surface area contributed by atoms with Crippen LogP contribution in [0, 0.1) is 27.6 Å². The van der Waals surface area contributed by atoms with Crippen LogP contribution < -0.4 is 0 Å². The van der Waals surface area contributed by atoms with Crippen molar-refractivity contribution >= 4 is 5.57 Å². The Labute approximate surface area is 260 Å². The molecule has 1 heteroatoms. The van der Waals surface area contributed by atoms with Crippen LogP contribution in [0.5, 0.6) is 0 Å². The second kappa shape index (κ2) is 13.4. The van der Waals surface area contributed by atoms with Crippen molar-refractivity contribution in [3.05, 3.63) is 102 Å². The van der Waals surface area contributed by atoms with Crippen LogP contribution in [0.1, 0.15) is 113 Å². The summed E-state index contributed by atoms with van der Waals surface area (Å²) >= 11 is 0. The van der Waals surface area contributed by atoms with Crippen LogP contribution in [0.2, 0.25) is 0 Å². The summed E-state index contributed by atoms with van der Waals surface area (Å²) in [4.78, 5) is 2.51. The van der Waals surface area contributed by atoms with Gasteiger partial charge in [0.1, 0.15) is 0 Å². The van der Waals surface area contributed by atoms with E-state index in [1.165, 1.54) is 53.7 Å². The van der Waals surface area contributed by atoms with Gasteiger partial charge in [0.2, 0.25) is 0 Å². The molecule has 0 spiro atoms. The number of benzene rings is 1. The smallest absolute Gasteiger partial charge is 0.0389 e. The second-order valence-electron chi connectivity index (χ2n) is 15.0. The molecule has 42 heavy (non-hydrogen) atoms. The zero-order valence-corrected chi connectivity index (χ0v) is 29.0. The molecule has 1 aromatic carbocycles. The van der Waals surface area contributed by atoms with Crippen LogP contribution >= 0.6 is 0 Å². The fourth-order valence-corrected chi connectivity index (χ4v) is 7.17. The highest BCUT2D eigenvalue weighted by Gasteiger charge is 2.68. The van der Waals surface area contributed by atoms with E-state index < -0.39 is 0 Å². The van der Waals surface area contributed by atoms with Crippen LogP contribution in [0.4, 0.5) is 0 Å². The summed E-state index contributed by atoms with van der Waals surface area (Å²) in [5.74, 6) is 0.527. The Morgan fingerprint density at radius 1 is 1.12 bits per heavy atom. The molecule has 4 atom stereocenters. The molecule has 1 aromatic rings. The molecule has 0 heterocycles. The molecular formula is C41H61N. The van der Waals surface area contributed by atoms with Crippen LogP contribution in [0.3, 0.4) is 0 Å². The fraction of sp³-hybridized carbons (Fsp3) is 0.561. The third-order valence-corrected chi connectivity index (χ3v) is 11.2. The van der Waals surface area contributed by atoms with Crippen LogP contribution in [0.15, 0.2) is 96.3 Å². The molecule has 3 rings (SSSR count). The molecule has 2 aliphatic rings. The molecule has 0 aromatic heterocycles. The molecular weight excluding hydrogens is 506 g/mol. The third kappa shape index (κ3) is 7.32. The quantitative estimate of drug-likeness (QED) is 0.160.